The Balaban J connectivity index is 1.81. The Hall–Kier alpha value is -0.610. The van der Waals surface area contributed by atoms with E-state index in [2.05, 4.69) is 12.2 Å². The second-order valence-electron chi connectivity index (χ2n) is 5.45. The van der Waals surface area contributed by atoms with Crippen molar-refractivity contribution in [2.75, 3.05) is 19.8 Å². The third kappa shape index (κ3) is 3.23. The van der Waals surface area contributed by atoms with Crippen LogP contribution in [0.3, 0.4) is 0 Å². The van der Waals surface area contributed by atoms with E-state index in [-0.39, 0.29) is 12.1 Å². The Kier molecular flexibility index (Phi) is 5.01. The van der Waals surface area contributed by atoms with E-state index in [4.69, 9.17) is 9.47 Å². The van der Waals surface area contributed by atoms with Crippen molar-refractivity contribution in [1.82, 2.24) is 5.32 Å². The number of hydrogen-bond donors (Lipinski definition) is 1. The van der Waals surface area contributed by atoms with Crippen molar-refractivity contribution in [1.29, 1.82) is 0 Å². The predicted molar refractivity (Wildman–Crippen MR) is 69.4 cm³/mol. The summed E-state index contributed by atoms with van der Waals surface area (Å²) in [7, 11) is 0. The van der Waals surface area contributed by atoms with Gasteiger partial charge in [-0.05, 0) is 45.1 Å². The molecule has 2 unspecified atom stereocenters. The number of carbonyl (C=O) groups is 1. The average Bonchev–Trinajstić information content (AvgIpc) is 2.87. The molecule has 2 saturated heterocycles. The van der Waals surface area contributed by atoms with Gasteiger partial charge >= 0.3 is 5.97 Å². The highest BCUT2D eigenvalue weighted by molar-refractivity contribution is 5.81. The van der Waals surface area contributed by atoms with Crippen molar-refractivity contribution in [2.24, 2.45) is 0 Å². The highest BCUT2D eigenvalue weighted by atomic mass is 16.6. The number of rotatable bonds is 5. The van der Waals surface area contributed by atoms with Gasteiger partial charge in [-0.15, -0.1) is 0 Å². The van der Waals surface area contributed by atoms with E-state index in [1.807, 2.05) is 0 Å². The SMILES string of the molecule is CCCC1(C(=O)OCC2CCCCO2)CCCN1. The van der Waals surface area contributed by atoms with E-state index >= 15 is 0 Å². The molecule has 2 aliphatic heterocycles. The van der Waals surface area contributed by atoms with E-state index < -0.39 is 5.54 Å². The van der Waals surface area contributed by atoms with Gasteiger partial charge in [-0.25, -0.2) is 0 Å². The molecular weight excluding hydrogens is 230 g/mol. The first-order chi connectivity index (χ1) is 8.77. The molecule has 2 heterocycles. The number of ether oxygens (including phenoxy) is 2. The molecule has 0 saturated carbocycles. The lowest BCUT2D eigenvalue weighted by atomic mass is 9.92. The summed E-state index contributed by atoms with van der Waals surface area (Å²) in [6.07, 6.45) is 7.29. The van der Waals surface area contributed by atoms with E-state index in [0.717, 1.165) is 51.7 Å². The van der Waals surface area contributed by atoms with Crippen LogP contribution in [0.15, 0.2) is 0 Å². The van der Waals surface area contributed by atoms with Gasteiger partial charge in [-0.1, -0.05) is 13.3 Å². The Morgan fingerprint density at radius 1 is 1.44 bits per heavy atom. The third-order valence-electron chi connectivity index (χ3n) is 3.99. The molecule has 4 nitrogen and oxygen atoms in total. The average molecular weight is 255 g/mol. The van der Waals surface area contributed by atoms with E-state index in [1.54, 1.807) is 0 Å². The zero-order valence-electron chi connectivity index (χ0n) is 11.4. The summed E-state index contributed by atoms with van der Waals surface area (Å²) in [6.45, 7) is 4.26. The van der Waals surface area contributed by atoms with Gasteiger partial charge in [0, 0.05) is 6.61 Å². The third-order valence-corrected chi connectivity index (χ3v) is 3.99. The van der Waals surface area contributed by atoms with Gasteiger partial charge in [0.15, 0.2) is 0 Å². The second kappa shape index (κ2) is 6.53. The molecule has 104 valence electrons. The quantitative estimate of drug-likeness (QED) is 0.764. The first-order valence-corrected chi connectivity index (χ1v) is 7.31. The highest BCUT2D eigenvalue weighted by Gasteiger charge is 2.41. The zero-order valence-corrected chi connectivity index (χ0v) is 11.4. The number of nitrogens with one attached hydrogen (secondary N) is 1. The summed E-state index contributed by atoms with van der Waals surface area (Å²) >= 11 is 0. The van der Waals surface area contributed by atoms with E-state index in [0.29, 0.717) is 6.61 Å². The Morgan fingerprint density at radius 2 is 2.33 bits per heavy atom. The standard InChI is InChI=1S/C14H25NO3/c1-2-7-14(8-5-9-15-14)13(16)18-11-12-6-3-4-10-17-12/h12,15H,2-11H2,1H3. The van der Waals surface area contributed by atoms with Crippen LogP contribution in [-0.4, -0.2) is 37.4 Å². The molecule has 2 aliphatic rings. The molecule has 2 fully saturated rings. The van der Waals surface area contributed by atoms with Gasteiger partial charge in [0.2, 0.25) is 0 Å². The fourth-order valence-electron chi connectivity index (χ4n) is 2.97. The first kappa shape index (κ1) is 13.8. The van der Waals surface area contributed by atoms with Crippen LogP contribution in [0.1, 0.15) is 51.9 Å². The zero-order chi connectivity index (χ0) is 12.8. The van der Waals surface area contributed by atoms with Crippen LogP contribution < -0.4 is 5.32 Å². The van der Waals surface area contributed by atoms with Crippen molar-refractivity contribution in [3.05, 3.63) is 0 Å². The first-order valence-electron chi connectivity index (χ1n) is 7.31. The van der Waals surface area contributed by atoms with E-state index in [1.165, 1.54) is 6.42 Å². The molecule has 4 heteroatoms. The van der Waals surface area contributed by atoms with Crippen molar-refractivity contribution in [3.63, 3.8) is 0 Å². The Bertz CT molecular complexity index is 268. The van der Waals surface area contributed by atoms with Gasteiger partial charge in [0.1, 0.15) is 12.1 Å². The van der Waals surface area contributed by atoms with E-state index in [9.17, 15) is 4.79 Å². The van der Waals surface area contributed by atoms with Crippen molar-refractivity contribution in [2.45, 2.75) is 63.5 Å². The maximum atomic E-state index is 12.3. The minimum absolute atomic E-state index is 0.0731. The minimum Gasteiger partial charge on any atom is -0.462 e. The van der Waals surface area contributed by atoms with Gasteiger partial charge in [-0.2, -0.15) is 0 Å². The fraction of sp³-hybridized carbons (Fsp3) is 0.929. The molecule has 2 atom stereocenters. The molecule has 2 rings (SSSR count). The molecular formula is C14H25NO3. The molecule has 0 aromatic rings. The summed E-state index contributed by atoms with van der Waals surface area (Å²) < 4.78 is 11.1. The molecule has 0 spiro atoms. The fourth-order valence-corrected chi connectivity index (χ4v) is 2.97. The number of esters is 1. The van der Waals surface area contributed by atoms with Crippen LogP contribution in [0.25, 0.3) is 0 Å². The van der Waals surface area contributed by atoms with Crippen LogP contribution in [-0.2, 0) is 14.3 Å². The number of hydrogen-bond acceptors (Lipinski definition) is 4. The molecule has 0 radical (unpaired) electrons. The van der Waals surface area contributed by atoms with Crippen molar-refractivity contribution < 1.29 is 14.3 Å². The Morgan fingerprint density at radius 3 is 2.94 bits per heavy atom. The normalized spacial score (nSPS) is 32.4. The van der Waals surface area contributed by atoms with Crippen molar-refractivity contribution >= 4 is 5.97 Å². The minimum atomic E-state index is -0.413. The van der Waals surface area contributed by atoms with Gasteiger partial charge in [-0.3, -0.25) is 4.79 Å². The summed E-state index contributed by atoms with van der Waals surface area (Å²) in [4.78, 5) is 12.3. The number of carbonyl (C=O) groups excluding carboxylic acids is 1. The topological polar surface area (TPSA) is 47.6 Å². The molecule has 18 heavy (non-hydrogen) atoms. The molecule has 0 amide bonds. The molecule has 0 aromatic heterocycles. The maximum Gasteiger partial charge on any atom is 0.326 e. The maximum absolute atomic E-state index is 12.3. The lowest BCUT2D eigenvalue weighted by Crippen LogP contribution is -2.49. The van der Waals surface area contributed by atoms with Gasteiger partial charge in [0.05, 0.1) is 6.10 Å². The van der Waals surface area contributed by atoms with Crippen molar-refractivity contribution in [3.8, 4) is 0 Å². The molecule has 1 N–H and O–H groups in total. The predicted octanol–water partition coefficient (Wildman–Crippen LogP) is 2.02. The molecule has 0 bridgehead atoms. The molecule has 0 aliphatic carbocycles. The molecule has 0 aromatic carbocycles. The van der Waals surface area contributed by atoms with Crippen LogP contribution in [0.4, 0.5) is 0 Å². The smallest absolute Gasteiger partial charge is 0.326 e. The summed E-state index contributed by atoms with van der Waals surface area (Å²) in [5, 5.41) is 3.34. The Labute approximate surface area is 109 Å². The van der Waals surface area contributed by atoms with Crippen LogP contribution >= 0.6 is 0 Å². The van der Waals surface area contributed by atoms with Crippen LogP contribution in [0, 0.1) is 0 Å². The van der Waals surface area contributed by atoms with Gasteiger partial charge < -0.3 is 14.8 Å². The van der Waals surface area contributed by atoms with Gasteiger partial charge in [0.25, 0.3) is 0 Å². The lowest BCUT2D eigenvalue weighted by Gasteiger charge is -2.28. The monoisotopic (exact) mass is 255 g/mol. The summed E-state index contributed by atoms with van der Waals surface area (Å²) in [5.41, 5.74) is -0.413. The second-order valence-corrected chi connectivity index (χ2v) is 5.45. The lowest BCUT2D eigenvalue weighted by molar-refractivity contribution is -0.156. The highest BCUT2D eigenvalue weighted by Crippen LogP contribution is 2.26. The summed E-state index contributed by atoms with van der Waals surface area (Å²) in [5.74, 6) is -0.0731. The summed E-state index contributed by atoms with van der Waals surface area (Å²) in [6, 6.07) is 0. The largest absolute Gasteiger partial charge is 0.462 e. The van der Waals surface area contributed by atoms with Crippen LogP contribution in [0.2, 0.25) is 0 Å². The van der Waals surface area contributed by atoms with Crippen LogP contribution in [0.5, 0.6) is 0 Å².